The van der Waals surface area contributed by atoms with Crippen LogP contribution in [0, 0.1) is 10.1 Å². The summed E-state index contributed by atoms with van der Waals surface area (Å²) in [6, 6.07) is 7.39. The zero-order valence-corrected chi connectivity index (χ0v) is 10.3. The molecule has 8 nitrogen and oxygen atoms in total. The number of furan rings is 1. The lowest BCUT2D eigenvalue weighted by Crippen LogP contribution is -2.22. The lowest BCUT2D eigenvalue weighted by molar-refractivity contribution is -0.384. The summed E-state index contributed by atoms with van der Waals surface area (Å²) in [6.45, 7) is 0.205. The zero-order chi connectivity index (χ0) is 14.5. The first kappa shape index (κ1) is 13.6. The Kier molecular flexibility index (Phi) is 3.96. The number of nitrogen functional groups attached to an aromatic ring is 1. The van der Waals surface area contributed by atoms with Crippen LogP contribution in [0.5, 0.6) is 0 Å². The minimum atomic E-state index is -0.613. The number of carbonyl (C=O) groups is 1. The van der Waals surface area contributed by atoms with Crippen molar-refractivity contribution in [3.63, 3.8) is 0 Å². The normalized spacial score (nSPS) is 10.1. The van der Waals surface area contributed by atoms with Crippen molar-refractivity contribution in [3.05, 3.63) is 58.0 Å². The highest BCUT2D eigenvalue weighted by Crippen LogP contribution is 2.24. The maximum Gasteiger partial charge on any atom is 0.294 e. The summed E-state index contributed by atoms with van der Waals surface area (Å²) in [6.07, 6.45) is 1.49. The summed E-state index contributed by atoms with van der Waals surface area (Å²) in [5.74, 6) is 5.32. The van der Waals surface area contributed by atoms with E-state index in [9.17, 15) is 14.9 Å². The van der Waals surface area contributed by atoms with Crippen molar-refractivity contribution >= 4 is 17.3 Å². The quantitative estimate of drug-likeness (QED) is 0.431. The first-order valence-electron chi connectivity index (χ1n) is 5.67. The summed E-state index contributed by atoms with van der Waals surface area (Å²) in [4.78, 5) is 22.1. The Morgan fingerprint density at radius 2 is 2.20 bits per heavy atom. The van der Waals surface area contributed by atoms with Crippen molar-refractivity contribution in [2.45, 2.75) is 6.54 Å². The molecular weight excluding hydrogens is 264 g/mol. The Morgan fingerprint density at radius 1 is 1.40 bits per heavy atom. The van der Waals surface area contributed by atoms with Crippen LogP contribution in [-0.2, 0) is 6.54 Å². The van der Waals surface area contributed by atoms with Gasteiger partial charge in [0.2, 0.25) is 0 Å². The second-order valence-electron chi connectivity index (χ2n) is 3.90. The fourth-order valence-electron chi connectivity index (χ4n) is 1.63. The number of benzene rings is 1. The molecule has 0 bridgehead atoms. The molecular formula is C12H12N4O4. The average Bonchev–Trinajstić information content (AvgIpc) is 2.97. The van der Waals surface area contributed by atoms with Gasteiger partial charge in [-0.25, -0.2) is 0 Å². The van der Waals surface area contributed by atoms with Crippen LogP contribution in [0.1, 0.15) is 16.1 Å². The molecule has 1 amide bonds. The van der Waals surface area contributed by atoms with E-state index in [1.165, 1.54) is 18.4 Å². The Morgan fingerprint density at radius 3 is 2.80 bits per heavy atom. The molecule has 0 aliphatic heterocycles. The maximum absolute atomic E-state index is 11.9. The molecule has 0 fully saturated rings. The SMILES string of the molecule is NNc1ccc(C(=O)NCc2ccco2)cc1[N+](=O)[O-]. The molecule has 0 unspecified atom stereocenters. The highest BCUT2D eigenvalue weighted by Gasteiger charge is 2.17. The Hall–Kier alpha value is -2.87. The van der Waals surface area contributed by atoms with Crippen LogP contribution >= 0.6 is 0 Å². The summed E-state index contributed by atoms with van der Waals surface area (Å²) in [5.41, 5.74) is 2.25. The van der Waals surface area contributed by atoms with Crippen molar-refractivity contribution in [2.24, 2.45) is 5.84 Å². The van der Waals surface area contributed by atoms with Crippen LogP contribution in [0.4, 0.5) is 11.4 Å². The second-order valence-corrected chi connectivity index (χ2v) is 3.90. The lowest BCUT2D eigenvalue weighted by Gasteiger charge is -2.06. The van der Waals surface area contributed by atoms with E-state index >= 15 is 0 Å². The smallest absolute Gasteiger partial charge is 0.294 e. The van der Waals surface area contributed by atoms with E-state index in [0.717, 1.165) is 6.07 Å². The Bertz CT molecular complexity index is 624. The minimum absolute atomic E-state index is 0.137. The largest absolute Gasteiger partial charge is 0.467 e. The molecule has 20 heavy (non-hydrogen) atoms. The highest BCUT2D eigenvalue weighted by atomic mass is 16.6. The number of carbonyl (C=O) groups excluding carboxylic acids is 1. The van der Waals surface area contributed by atoms with Gasteiger partial charge in [-0.3, -0.25) is 20.8 Å². The van der Waals surface area contributed by atoms with Gasteiger partial charge < -0.3 is 15.2 Å². The van der Waals surface area contributed by atoms with Crippen molar-refractivity contribution in [1.82, 2.24) is 5.32 Å². The zero-order valence-electron chi connectivity index (χ0n) is 10.3. The van der Waals surface area contributed by atoms with Crippen LogP contribution in [0.3, 0.4) is 0 Å². The van der Waals surface area contributed by atoms with Crippen LogP contribution < -0.4 is 16.6 Å². The molecule has 1 heterocycles. The molecule has 0 atom stereocenters. The predicted octanol–water partition coefficient (Wildman–Crippen LogP) is 1.40. The molecule has 8 heteroatoms. The number of nitro benzene ring substituents is 1. The molecule has 1 aromatic carbocycles. The van der Waals surface area contributed by atoms with Crippen molar-refractivity contribution in [2.75, 3.05) is 5.43 Å². The molecule has 0 aliphatic carbocycles. The van der Waals surface area contributed by atoms with E-state index < -0.39 is 10.8 Å². The molecule has 0 spiro atoms. The third-order valence-corrected chi connectivity index (χ3v) is 2.62. The number of nitrogens with one attached hydrogen (secondary N) is 2. The molecule has 104 valence electrons. The number of hydrogen-bond donors (Lipinski definition) is 3. The molecule has 0 saturated heterocycles. The monoisotopic (exact) mass is 276 g/mol. The van der Waals surface area contributed by atoms with Crippen molar-refractivity contribution < 1.29 is 14.1 Å². The van der Waals surface area contributed by atoms with Gasteiger partial charge in [0.15, 0.2) is 0 Å². The third-order valence-electron chi connectivity index (χ3n) is 2.62. The van der Waals surface area contributed by atoms with Crippen molar-refractivity contribution in [3.8, 4) is 0 Å². The van der Waals surface area contributed by atoms with Gasteiger partial charge in [-0.05, 0) is 24.3 Å². The van der Waals surface area contributed by atoms with Gasteiger partial charge in [0.25, 0.3) is 11.6 Å². The number of nitrogens with two attached hydrogens (primary N) is 1. The molecule has 1 aromatic heterocycles. The van der Waals surface area contributed by atoms with E-state index in [1.807, 2.05) is 0 Å². The van der Waals surface area contributed by atoms with Crippen LogP contribution in [0.25, 0.3) is 0 Å². The number of hydrazine groups is 1. The standard InChI is InChI=1S/C12H12N4O4/c13-15-10-4-3-8(6-11(10)16(18)19)12(17)14-7-9-2-1-5-20-9/h1-6,15H,7,13H2,(H,14,17). The van der Waals surface area contributed by atoms with E-state index in [2.05, 4.69) is 10.7 Å². The summed E-state index contributed by atoms with van der Waals surface area (Å²) < 4.78 is 5.07. The Labute approximate surface area is 113 Å². The second kappa shape index (κ2) is 5.85. The van der Waals surface area contributed by atoms with Crippen molar-refractivity contribution in [1.29, 1.82) is 0 Å². The van der Waals surface area contributed by atoms with Gasteiger partial charge in [-0.15, -0.1) is 0 Å². The first-order chi connectivity index (χ1) is 9.61. The maximum atomic E-state index is 11.9. The van der Waals surface area contributed by atoms with E-state index in [0.29, 0.717) is 5.76 Å². The van der Waals surface area contributed by atoms with Gasteiger partial charge in [0, 0.05) is 11.6 Å². The molecule has 0 aliphatic rings. The first-order valence-corrected chi connectivity index (χ1v) is 5.67. The van der Waals surface area contributed by atoms with Gasteiger partial charge in [-0.1, -0.05) is 0 Å². The average molecular weight is 276 g/mol. The fourth-order valence-corrected chi connectivity index (χ4v) is 1.63. The van der Waals surface area contributed by atoms with Gasteiger partial charge in [-0.2, -0.15) is 0 Å². The predicted molar refractivity (Wildman–Crippen MR) is 70.8 cm³/mol. The van der Waals surface area contributed by atoms with Crippen LogP contribution in [0.15, 0.2) is 41.0 Å². The number of amides is 1. The third kappa shape index (κ3) is 2.93. The van der Waals surface area contributed by atoms with E-state index in [4.69, 9.17) is 10.3 Å². The number of rotatable bonds is 5. The summed E-state index contributed by atoms with van der Waals surface area (Å²) in [7, 11) is 0. The number of anilines is 1. The van der Waals surface area contributed by atoms with Crippen LogP contribution in [0.2, 0.25) is 0 Å². The molecule has 4 N–H and O–H groups in total. The highest BCUT2D eigenvalue weighted by molar-refractivity contribution is 5.95. The summed E-state index contributed by atoms with van der Waals surface area (Å²) >= 11 is 0. The Balaban J connectivity index is 2.13. The lowest BCUT2D eigenvalue weighted by atomic mass is 10.1. The molecule has 2 aromatic rings. The number of hydrogen-bond acceptors (Lipinski definition) is 6. The van der Waals surface area contributed by atoms with E-state index in [-0.39, 0.29) is 23.5 Å². The minimum Gasteiger partial charge on any atom is -0.467 e. The fraction of sp³-hybridized carbons (Fsp3) is 0.0833. The number of nitrogens with zero attached hydrogens (tertiary/aromatic N) is 1. The molecule has 0 radical (unpaired) electrons. The van der Waals surface area contributed by atoms with Gasteiger partial charge in [0.05, 0.1) is 17.7 Å². The summed E-state index contributed by atoms with van der Waals surface area (Å²) in [5, 5.41) is 13.5. The van der Waals surface area contributed by atoms with Gasteiger partial charge >= 0.3 is 0 Å². The molecule has 2 rings (SSSR count). The van der Waals surface area contributed by atoms with Gasteiger partial charge in [0.1, 0.15) is 11.4 Å². The number of nitro groups is 1. The van der Waals surface area contributed by atoms with E-state index in [1.54, 1.807) is 12.1 Å². The molecule has 0 saturated carbocycles. The topological polar surface area (TPSA) is 123 Å². The van der Waals surface area contributed by atoms with Crippen LogP contribution in [-0.4, -0.2) is 10.8 Å².